The van der Waals surface area contributed by atoms with E-state index < -0.39 is 11.6 Å². The highest BCUT2D eigenvalue weighted by Gasteiger charge is 2.35. The Bertz CT molecular complexity index is 915. The number of hydrogen-bond donors (Lipinski definition) is 2. The van der Waals surface area contributed by atoms with Crippen molar-refractivity contribution >= 4 is 5.91 Å². The number of hydrogen-bond acceptors (Lipinski definition) is 5. The van der Waals surface area contributed by atoms with E-state index in [1.165, 1.54) is 0 Å². The number of nitrogens with one attached hydrogen (secondary N) is 1. The lowest BCUT2D eigenvalue weighted by atomic mass is 10.00. The zero-order chi connectivity index (χ0) is 21.4. The summed E-state index contributed by atoms with van der Waals surface area (Å²) in [7, 11) is 0. The van der Waals surface area contributed by atoms with Crippen molar-refractivity contribution in [2.45, 2.75) is 37.3 Å². The van der Waals surface area contributed by atoms with Gasteiger partial charge in [0.1, 0.15) is 29.7 Å². The number of nitriles is 1. The first-order valence-corrected chi connectivity index (χ1v) is 10.0. The van der Waals surface area contributed by atoms with Crippen LogP contribution in [0.25, 0.3) is 0 Å². The Labute approximate surface area is 176 Å². The first-order valence-electron chi connectivity index (χ1n) is 10.0. The van der Waals surface area contributed by atoms with Crippen molar-refractivity contribution in [3.63, 3.8) is 0 Å². The van der Waals surface area contributed by atoms with Crippen LogP contribution in [0.2, 0.25) is 0 Å². The molecular weight excluding hydrogens is 380 g/mol. The van der Waals surface area contributed by atoms with Crippen LogP contribution in [0.3, 0.4) is 0 Å². The molecule has 1 amide bonds. The molecule has 1 atom stereocenters. The SMILES string of the molecule is C=CCOc1ccc(C(O)c2ccccc2)c(OCC(=O)NC2(C#N)CCCC2)c1. The Balaban J connectivity index is 1.77. The predicted octanol–water partition coefficient (Wildman–Crippen LogP) is 3.66. The summed E-state index contributed by atoms with van der Waals surface area (Å²) in [4.78, 5) is 12.5. The van der Waals surface area contributed by atoms with Crippen molar-refractivity contribution in [2.75, 3.05) is 13.2 Å². The van der Waals surface area contributed by atoms with E-state index in [0.717, 1.165) is 12.8 Å². The smallest absolute Gasteiger partial charge is 0.259 e. The van der Waals surface area contributed by atoms with Crippen LogP contribution < -0.4 is 14.8 Å². The number of nitrogens with zero attached hydrogens (tertiary/aromatic N) is 1. The zero-order valence-electron chi connectivity index (χ0n) is 16.8. The average molecular weight is 406 g/mol. The molecule has 0 aliphatic heterocycles. The van der Waals surface area contributed by atoms with Gasteiger partial charge in [0.15, 0.2) is 6.61 Å². The summed E-state index contributed by atoms with van der Waals surface area (Å²) in [5.41, 5.74) is 0.429. The second-order valence-electron chi connectivity index (χ2n) is 7.35. The van der Waals surface area contributed by atoms with Crippen LogP contribution in [0, 0.1) is 11.3 Å². The van der Waals surface area contributed by atoms with Gasteiger partial charge in [-0.05, 0) is 43.4 Å². The lowest BCUT2D eigenvalue weighted by Gasteiger charge is -2.22. The zero-order valence-corrected chi connectivity index (χ0v) is 16.8. The molecule has 0 radical (unpaired) electrons. The predicted molar refractivity (Wildman–Crippen MR) is 113 cm³/mol. The van der Waals surface area contributed by atoms with E-state index in [1.54, 1.807) is 24.3 Å². The summed E-state index contributed by atoms with van der Waals surface area (Å²) in [6.45, 7) is 3.69. The highest BCUT2D eigenvalue weighted by Crippen LogP contribution is 2.33. The monoisotopic (exact) mass is 406 g/mol. The average Bonchev–Trinajstić information content (AvgIpc) is 3.25. The third kappa shape index (κ3) is 5.19. The molecule has 3 rings (SSSR count). The minimum Gasteiger partial charge on any atom is -0.489 e. The largest absolute Gasteiger partial charge is 0.489 e. The van der Waals surface area contributed by atoms with Crippen molar-refractivity contribution in [1.82, 2.24) is 5.32 Å². The molecule has 1 unspecified atom stereocenters. The molecule has 156 valence electrons. The van der Waals surface area contributed by atoms with Gasteiger partial charge in [0.25, 0.3) is 5.91 Å². The van der Waals surface area contributed by atoms with Crippen LogP contribution in [0.5, 0.6) is 11.5 Å². The van der Waals surface area contributed by atoms with Gasteiger partial charge in [0.05, 0.1) is 6.07 Å². The standard InChI is InChI=1S/C24H26N2O4/c1-2-14-29-19-10-11-20(23(28)18-8-4-3-5-9-18)21(15-19)30-16-22(27)26-24(17-25)12-6-7-13-24/h2-5,8-11,15,23,28H,1,6-7,12-14,16H2,(H,26,27). The van der Waals surface area contributed by atoms with Crippen LogP contribution in [0.4, 0.5) is 0 Å². The normalized spacial score (nSPS) is 15.6. The van der Waals surface area contributed by atoms with E-state index in [9.17, 15) is 15.2 Å². The fourth-order valence-electron chi connectivity index (χ4n) is 3.61. The molecule has 0 spiro atoms. The molecule has 0 bridgehead atoms. The molecule has 0 saturated heterocycles. The Hall–Kier alpha value is -3.30. The number of amides is 1. The highest BCUT2D eigenvalue weighted by molar-refractivity contribution is 5.79. The Morgan fingerprint density at radius 3 is 2.63 bits per heavy atom. The van der Waals surface area contributed by atoms with Crippen molar-refractivity contribution in [1.29, 1.82) is 5.26 Å². The molecule has 2 aromatic rings. The molecule has 0 aromatic heterocycles. The molecule has 0 heterocycles. The second kappa shape index (κ2) is 9.95. The van der Waals surface area contributed by atoms with Crippen molar-refractivity contribution in [3.8, 4) is 17.6 Å². The van der Waals surface area contributed by atoms with E-state index in [1.807, 2.05) is 30.3 Å². The second-order valence-corrected chi connectivity index (χ2v) is 7.35. The maximum atomic E-state index is 12.5. The molecule has 6 heteroatoms. The van der Waals surface area contributed by atoms with Gasteiger partial charge in [-0.1, -0.05) is 43.0 Å². The quantitative estimate of drug-likeness (QED) is 0.620. The van der Waals surface area contributed by atoms with Crippen LogP contribution in [0.15, 0.2) is 61.2 Å². The summed E-state index contributed by atoms with van der Waals surface area (Å²) in [5, 5.41) is 23.1. The first-order chi connectivity index (χ1) is 14.6. The fourth-order valence-corrected chi connectivity index (χ4v) is 3.61. The third-order valence-corrected chi connectivity index (χ3v) is 5.17. The number of aliphatic hydroxyl groups excluding tert-OH is 1. The molecule has 1 saturated carbocycles. The molecule has 1 fully saturated rings. The minimum atomic E-state index is -0.919. The number of aliphatic hydroxyl groups is 1. The molecule has 2 N–H and O–H groups in total. The van der Waals surface area contributed by atoms with Gasteiger partial charge in [-0.25, -0.2) is 0 Å². The summed E-state index contributed by atoms with van der Waals surface area (Å²) in [6, 6.07) is 16.5. The Morgan fingerprint density at radius 1 is 1.23 bits per heavy atom. The summed E-state index contributed by atoms with van der Waals surface area (Å²) in [6.07, 6.45) is 3.85. The lowest BCUT2D eigenvalue weighted by Crippen LogP contribution is -2.47. The highest BCUT2D eigenvalue weighted by atomic mass is 16.5. The number of benzene rings is 2. The van der Waals surface area contributed by atoms with Gasteiger partial charge >= 0.3 is 0 Å². The maximum absolute atomic E-state index is 12.5. The van der Waals surface area contributed by atoms with Crippen LogP contribution in [-0.4, -0.2) is 29.8 Å². The van der Waals surface area contributed by atoms with E-state index in [2.05, 4.69) is 18.0 Å². The molecule has 30 heavy (non-hydrogen) atoms. The third-order valence-electron chi connectivity index (χ3n) is 5.17. The number of ether oxygens (including phenoxy) is 2. The van der Waals surface area contributed by atoms with E-state index in [0.29, 0.717) is 42.1 Å². The molecule has 1 aliphatic rings. The molecular formula is C24H26N2O4. The topological polar surface area (TPSA) is 91.6 Å². The number of carbonyl (C=O) groups excluding carboxylic acids is 1. The Morgan fingerprint density at radius 2 is 1.97 bits per heavy atom. The van der Waals surface area contributed by atoms with Crippen LogP contribution in [0.1, 0.15) is 42.9 Å². The summed E-state index contributed by atoms with van der Waals surface area (Å²) < 4.78 is 11.3. The summed E-state index contributed by atoms with van der Waals surface area (Å²) in [5.74, 6) is 0.523. The maximum Gasteiger partial charge on any atom is 0.259 e. The van der Waals surface area contributed by atoms with Crippen LogP contribution in [-0.2, 0) is 4.79 Å². The van der Waals surface area contributed by atoms with E-state index in [-0.39, 0.29) is 12.5 Å². The molecule has 1 aliphatic carbocycles. The number of carbonyl (C=O) groups is 1. The van der Waals surface area contributed by atoms with Gasteiger partial charge in [-0.15, -0.1) is 0 Å². The van der Waals surface area contributed by atoms with Gasteiger partial charge in [0, 0.05) is 11.6 Å². The fraction of sp³-hybridized carbons (Fsp3) is 0.333. The van der Waals surface area contributed by atoms with Crippen molar-refractivity contribution < 1.29 is 19.4 Å². The van der Waals surface area contributed by atoms with Gasteiger partial charge in [0.2, 0.25) is 0 Å². The van der Waals surface area contributed by atoms with Crippen molar-refractivity contribution in [2.24, 2.45) is 0 Å². The van der Waals surface area contributed by atoms with E-state index in [4.69, 9.17) is 9.47 Å². The number of rotatable bonds is 9. The van der Waals surface area contributed by atoms with Gasteiger partial charge in [-0.2, -0.15) is 5.26 Å². The first kappa shape index (κ1) is 21.4. The molecule has 2 aromatic carbocycles. The van der Waals surface area contributed by atoms with Crippen LogP contribution >= 0.6 is 0 Å². The molecule has 6 nitrogen and oxygen atoms in total. The summed E-state index contributed by atoms with van der Waals surface area (Å²) >= 11 is 0. The lowest BCUT2D eigenvalue weighted by molar-refractivity contribution is -0.124. The van der Waals surface area contributed by atoms with E-state index >= 15 is 0 Å². The van der Waals surface area contributed by atoms with Gasteiger partial charge < -0.3 is 19.9 Å². The minimum absolute atomic E-state index is 0.261. The van der Waals surface area contributed by atoms with Gasteiger partial charge in [-0.3, -0.25) is 4.79 Å². The Kier molecular flexibility index (Phi) is 7.10. The van der Waals surface area contributed by atoms with Crippen molar-refractivity contribution in [3.05, 3.63) is 72.3 Å².